The van der Waals surface area contributed by atoms with Gasteiger partial charge in [0.05, 0.1) is 24.1 Å². The van der Waals surface area contributed by atoms with E-state index in [0.29, 0.717) is 30.3 Å². The van der Waals surface area contributed by atoms with E-state index in [1.807, 2.05) is 96.7 Å². The third-order valence-corrected chi connectivity index (χ3v) is 5.51. The Morgan fingerprint density at radius 1 is 0.971 bits per heavy atom. The largest absolute Gasteiger partial charge is 0.490 e. The van der Waals surface area contributed by atoms with E-state index in [-0.39, 0.29) is 5.91 Å². The van der Waals surface area contributed by atoms with Crippen molar-refractivity contribution in [1.29, 1.82) is 0 Å². The lowest BCUT2D eigenvalue weighted by molar-refractivity contribution is 0.0955. The van der Waals surface area contributed by atoms with Crippen LogP contribution in [0.5, 0.6) is 11.5 Å². The molecule has 4 rings (SSSR count). The Kier molecular flexibility index (Phi) is 7.78. The number of hydrogen-bond acceptors (Lipinski definition) is 4. The van der Waals surface area contributed by atoms with Crippen LogP contribution in [0.25, 0.3) is 5.69 Å². The smallest absolute Gasteiger partial charge is 0.273 e. The van der Waals surface area contributed by atoms with Crippen LogP contribution in [0, 0.1) is 0 Å². The van der Waals surface area contributed by atoms with Crippen molar-refractivity contribution < 1.29 is 14.3 Å². The summed E-state index contributed by atoms with van der Waals surface area (Å²) in [5.41, 5.74) is 5.75. The third-order valence-electron chi connectivity index (χ3n) is 4.99. The van der Waals surface area contributed by atoms with Gasteiger partial charge < -0.3 is 14.0 Å². The molecule has 0 spiro atoms. The molecule has 0 fully saturated rings. The Bertz CT molecular complexity index is 1270. The molecular formula is C27H24BrN3O3. The minimum absolute atomic E-state index is 0.292. The van der Waals surface area contributed by atoms with Crippen molar-refractivity contribution in [2.45, 2.75) is 13.5 Å². The van der Waals surface area contributed by atoms with Crippen molar-refractivity contribution >= 4 is 28.1 Å². The molecule has 6 nitrogen and oxygen atoms in total. The van der Waals surface area contributed by atoms with Gasteiger partial charge in [0, 0.05) is 16.9 Å². The molecule has 4 aromatic rings. The summed E-state index contributed by atoms with van der Waals surface area (Å²) in [4.78, 5) is 12.7. The molecule has 1 N–H and O–H groups in total. The maximum Gasteiger partial charge on any atom is 0.273 e. The highest BCUT2D eigenvalue weighted by Gasteiger charge is 2.11. The first kappa shape index (κ1) is 23.3. The van der Waals surface area contributed by atoms with Gasteiger partial charge in [0.15, 0.2) is 11.5 Å². The van der Waals surface area contributed by atoms with Gasteiger partial charge in [-0.2, -0.15) is 5.10 Å². The van der Waals surface area contributed by atoms with E-state index < -0.39 is 0 Å². The fraction of sp³-hybridized carbons (Fsp3) is 0.111. The molecule has 1 amide bonds. The maximum atomic E-state index is 12.7. The lowest BCUT2D eigenvalue weighted by Gasteiger charge is -2.13. The molecule has 0 unspecified atom stereocenters. The predicted molar refractivity (Wildman–Crippen MR) is 137 cm³/mol. The molecule has 1 aromatic heterocycles. The van der Waals surface area contributed by atoms with Crippen LogP contribution in [0.1, 0.15) is 28.4 Å². The molecule has 0 saturated carbocycles. The van der Waals surface area contributed by atoms with E-state index in [1.54, 1.807) is 12.3 Å². The number of hydrogen-bond donors (Lipinski definition) is 1. The van der Waals surface area contributed by atoms with Gasteiger partial charge >= 0.3 is 0 Å². The number of benzene rings is 3. The third kappa shape index (κ3) is 5.94. The van der Waals surface area contributed by atoms with E-state index in [2.05, 4.69) is 26.5 Å². The number of hydrazone groups is 1. The van der Waals surface area contributed by atoms with Crippen LogP contribution in [0.2, 0.25) is 0 Å². The predicted octanol–water partition coefficient (Wildman–Crippen LogP) is 5.98. The minimum atomic E-state index is -0.292. The first-order valence-corrected chi connectivity index (χ1v) is 11.6. The quantitative estimate of drug-likeness (QED) is 0.219. The van der Waals surface area contributed by atoms with Gasteiger partial charge in [-0.3, -0.25) is 4.79 Å². The van der Waals surface area contributed by atoms with E-state index in [4.69, 9.17) is 9.47 Å². The zero-order valence-electron chi connectivity index (χ0n) is 18.6. The minimum Gasteiger partial charge on any atom is -0.490 e. The summed E-state index contributed by atoms with van der Waals surface area (Å²) in [7, 11) is 0. The Morgan fingerprint density at radius 3 is 2.50 bits per heavy atom. The Labute approximate surface area is 207 Å². The summed E-state index contributed by atoms with van der Waals surface area (Å²) in [6, 6.07) is 24.7. The van der Waals surface area contributed by atoms with Gasteiger partial charge in [-0.1, -0.05) is 40.2 Å². The standard InChI is InChI=1S/C27H24BrN3O3/c1-2-33-26-17-21(11-14-25(26)34-19-20-9-12-22(28)13-10-20)18-29-30-27(32)23-7-3-4-8-24(23)31-15-5-6-16-31/h3-18H,2,19H2,1H3,(H,30,32)/b29-18-. The molecule has 0 aliphatic rings. The van der Waals surface area contributed by atoms with Crippen molar-refractivity contribution in [3.05, 3.63) is 112 Å². The lowest BCUT2D eigenvalue weighted by Crippen LogP contribution is -2.19. The fourth-order valence-corrected chi connectivity index (χ4v) is 3.61. The zero-order valence-corrected chi connectivity index (χ0v) is 20.2. The second-order valence-electron chi connectivity index (χ2n) is 7.36. The highest BCUT2D eigenvalue weighted by Crippen LogP contribution is 2.29. The highest BCUT2D eigenvalue weighted by molar-refractivity contribution is 9.10. The van der Waals surface area contributed by atoms with Crippen molar-refractivity contribution in [3.8, 4) is 17.2 Å². The van der Waals surface area contributed by atoms with Crippen LogP contribution in [-0.2, 0) is 6.61 Å². The van der Waals surface area contributed by atoms with Crippen LogP contribution < -0.4 is 14.9 Å². The van der Waals surface area contributed by atoms with E-state index >= 15 is 0 Å². The van der Waals surface area contributed by atoms with Crippen LogP contribution in [0.3, 0.4) is 0 Å². The van der Waals surface area contributed by atoms with Crippen LogP contribution in [-0.4, -0.2) is 23.3 Å². The number of ether oxygens (including phenoxy) is 2. The Morgan fingerprint density at radius 2 is 1.74 bits per heavy atom. The van der Waals surface area contributed by atoms with E-state index in [1.165, 1.54) is 0 Å². The number of rotatable bonds is 9. The average Bonchev–Trinajstić information content (AvgIpc) is 3.40. The van der Waals surface area contributed by atoms with Gasteiger partial charge in [0.25, 0.3) is 5.91 Å². The van der Waals surface area contributed by atoms with Gasteiger partial charge in [0.2, 0.25) is 0 Å². The number of amides is 1. The summed E-state index contributed by atoms with van der Waals surface area (Å²) in [6.45, 7) is 2.85. The molecule has 0 bridgehead atoms. The molecule has 1 heterocycles. The molecule has 0 saturated heterocycles. The molecule has 0 atom stereocenters. The summed E-state index contributed by atoms with van der Waals surface area (Å²) in [6.07, 6.45) is 5.37. The molecule has 0 radical (unpaired) electrons. The Hall–Kier alpha value is -3.84. The van der Waals surface area contributed by atoms with Gasteiger partial charge in [0.1, 0.15) is 6.61 Å². The van der Waals surface area contributed by atoms with Crippen LogP contribution >= 0.6 is 15.9 Å². The summed E-state index contributed by atoms with van der Waals surface area (Å²) < 4.78 is 14.6. The number of halogens is 1. The highest BCUT2D eigenvalue weighted by atomic mass is 79.9. The number of carbonyl (C=O) groups is 1. The van der Waals surface area contributed by atoms with Gasteiger partial charge in [-0.05, 0) is 72.6 Å². The number of para-hydroxylation sites is 1. The van der Waals surface area contributed by atoms with Gasteiger partial charge in [-0.25, -0.2) is 5.43 Å². The fourth-order valence-electron chi connectivity index (χ4n) is 3.35. The Balaban J connectivity index is 1.43. The summed E-state index contributed by atoms with van der Waals surface area (Å²) >= 11 is 3.44. The molecule has 7 heteroatoms. The van der Waals surface area contributed by atoms with Crippen molar-refractivity contribution in [2.24, 2.45) is 5.10 Å². The van der Waals surface area contributed by atoms with E-state index in [9.17, 15) is 4.79 Å². The van der Waals surface area contributed by atoms with Crippen molar-refractivity contribution in [1.82, 2.24) is 9.99 Å². The summed E-state index contributed by atoms with van der Waals surface area (Å²) in [5, 5.41) is 4.14. The molecule has 0 aliphatic carbocycles. The van der Waals surface area contributed by atoms with Crippen molar-refractivity contribution in [3.63, 3.8) is 0 Å². The van der Waals surface area contributed by atoms with Crippen molar-refractivity contribution in [2.75, 3.05) is 6.61 Å². The number of aromatic nitrogens is 1. The number of carbonyl (C=O) groups excluding carboxylic acids is 1. The summed E-state index contributed by atoms with van der Waals surface area (Å²) in [5.74, 6) is 0.972. The topological polar surface area (TPSA) is 64.8 Å². The van der Waals surface area contributed by atoms with Crippen LogP contribution in [0.15, 0.2) is 101 Å². The zero-order chi connectivity index (χ0) is 23.8. The SMILES string of the molecule is CCOc1cc(/C=N\NC(=O)c2ccccc2-n2cccc2)ccc1OCc1ccc(Br)cc1. The lowest BCUT2D eigenvalue weighted by atomic mass is 10.1. The first-order chi connectivity index (χ1) is 16.6. The molecule has 0 aliphatic heterocycles. The second-order valence-corrected chi connectivity index (χ2v) is 8.28. The molecular weight excluding hydrogens is 494 g/mol. The molecule has 3 aromatic carbocycles. The maximum absolute atomic E-state index is 12.7. The average molecular weight is 518 g/mol. The van der Waals surface area contributed by atoms with E-state index in [0.717, 1.165) is 21.3 Å². The second kappa shape index (κ2) is 11.3. The van der Waals surface area contributed by atoms with Gasteiger partial charge in [-0.15, -0.1) is 0 Å². The molecule has 34 heavy (non-hydrogen) atoms. The monoisotopic (exact) mass is 517 g/mol. The number of nitrogens with one attached hydrogen (secondary N) is 1. The van der Waals surface area contributed by atoms with Crippen LogP contribution in [0.4, 0.5) is 0 Å². The number of nitrogens with zero attached hydrogens (tertiary/aromatic N) is 2. The molecule has 172 valence electrons. The normalized spacial score (nSPS) is 10.9. The first-order valence-electron chi connectivity index (χ1n) is 10.8.